The molecule has 31 heavy (non-hydrogen) atoms. The number of benzene rings is 2. The van der Waals surface area contributed by atoms with E-state index in [0.29, 0.717) is 18.8 Å². The molecule has 1 aliphatic heterocycles. The third-order valence-electron chi connectivity index (χ3n) is 5.30. The molecule has 2 heterocycles. The van der Waals surface area contributed by atoms with Crippen molar-refractivity contribution in [1.82, 2.24) is 19.7 Å². The lowest BCUT2D eigenvalue weighted by Gasteiger charge is -2.28. The fourth-order valence-corrected chi connectivity index (χ4v) is 5.26. The van der Waals surface area contributed by atoms with Crippen LogP contribution in [0, 0.1) is 6.92 Å². The molecular formula is C24H26N4OS2. The van der Waals surface area contributed by atoms with Crippen LogP contribution < -0.4 is 0 Å². The molecule has 0 spiro atoms. The molecule has 0 saturated carbocycles. The van der Waals surface area contributed by atoms with Gasteiger partial charge in [0.25, 0.3) is 0 Å². The van der Waals surface area contributed by atoms with Crippen LogP contribution in [0.5, 0.6) is 0 Å². The molecule has 3 aromatic rings. The predicted molar refractivity (Wildman–Crippen MR) is 127 cm³/mol. The van der Waals surface area contributed by atoms with Crippen molar-refractivity contribution in [2.45, 2.75) is 42.2 Å². The van der Waals surface area contributed by atoms with E-state index in [1.165, 1.54) is 33.3 Å². The second-order valence-electron chi connectivity index (χ2n) is 7.52. The van der Waals surface area contributed by atoms with Gasteiger partial charge in [-0.1, -0.05) is 59.8 Å². The van der Waals surface area contributed by atoms with E-state index >= 15 is 0 Å². The first-order valence-corrected chi connectivity index (χ1v) is 12.3. The highest BCUT2D eigenvalue weighted by atomic mass is 32.2. The van der Waals surface area contributed by atoms with Crippen LogP contribution in [0.1, 0.15) is 22.5 Å². The molecule has 2 aromatic carbocycles. The Bertz CT molecular complexity index is 1060. The minimum Gasteiger partial charge on any atom is -0.337 e. The first-order valence-electron chi connectivity index (χ1n) is 10.3. The summed E-state index contributed by atoms with van der Waals surface area (Å²) in [5, 5.41) is 9.51. The summed E-state index contributed by atoms with van der Waals surface area (Å²) in [6.07, 6.45) is 2.76. The molecule has 0 atom stereocenters. The minimum absolute atomic E-state index is 0.142. The zero-order valence-corrected chi connectivity index (χ0v) is 19.3. The van der Waals surface area contributed by atoms with E-state index in [4.69, 9.17) is 0 Å². The fraction of sp³-hybridized carbons (Fsp3) is 0.292. The van der Waals surface area contributed by atoms with E-state index in [0.717, 1.165) is 29.7 Å². The molecule has 1 aliphatic rings. The number of allylic oxidation sites excluding steroid dienone is 1. The molecule has 0 unspecified atom stereocenters. The van der Waals surface area contributed by atoms with E-state index in [9.17, 15) is 4.79 Å². The predicted octanol–water partition coefficient (Wildman–Crippen LogP) is 4.74. The van der Waals surface area contributed by atoms with Gasteiger partial charge in [-0.25, -0.2) is 0 Å². The van der Waals surface area contributed by atoms with Gasteiger partial charge in [0.05, 0.1) is 11.5 Å². The van der Waals surface area contributed by atoms with Crippen LogP contribution in [0.4, 0.5) is 0 Å². The number of carbonyl (C=O) groups is 1. The van der Waals surface area contributed by atoms with E-state index in [2.05, 4.69) is 70.7 Å². The zero-order valence-electron chi connectivity index (χ0n) is 17.7. The molecule has 7 heteroatoms. The largest absolute Gasteiger partial charge is 0.337 e. The summed E-state index contributed by atoms with van der Waals surface area (Å²) in [4.78, 5) is 16.0. The van der Waals surface area contributed by atoms with Gasteiger partial charge in [0.1, 0.15) is 5.82 Å². The standard InChI is InChI=1S/C24H26N4OS2/c1-3-13-28-22(16-30-21-10-8-18(2)9-11-21)25-26-24(28)31-17-23(29)27-14-12-19-6-4-5-7-20(19)15-27/h3-11H,1,12-17H2,2H3. The van der Waals surface area contributed by atoms with Crippen LogP contribution in [0.25, 0.3) is 0 Å². The van der Waals surface area contributed by atoms with E-state index < -0.39 is 0 Å². The average molecular weight is 451 g/mol. The average Bonchev–Trinajstić information content (AvgIpc) is 3.18. The Morgan fingerprint density at radius 1 is 1.10 bits per heavy atom. The van der Waals surface area contributed by atoms with Gasteiger partial charge in [-0.3, -0.25) is 4.79 Å². The maximum Gasteiger partial charge on any atom is 0.233 e. The number of fused-ring (bicyclic) bond motifs is 1. The van der Waals surface area contributed by atoms with Crippen LogP contribution in [-0.2, 0) is 30.1 Å². The second-order valence-corrected chi connectivity index (χ2v) is 9.51. The summed E-state index contributed by atoms with van der Waals surface area (Å²) in [6.45, 7) is 8.04. The Hall–Kier alpha value is -2.51. The lowest BCUT2D eigenvalue weighted by atomic mass is 10.00. The van der Waals surface area contributed by atoms with Gasteiger partial charge in [-0.15, -0.1) is 28.5 Å². The van der Waals surface area contributed by atoms with Crippen molar-refractivity contribution >= 4 is 29.4 Å². The summed E-state index contributed by atoms with van der Waals surface area (Å²) in [6, 6.07) is 16.8. The molecule has 1 amide bonds. The number of amides is 1. The maximum atomic E-state index is 12.8. The normalized spacial score (nSPS) is 13.1. The third-order valence-corrected chi connectivity index (χ3v) is 7.26. The van der Waals surface area contributed by atoms with Crippen LogP contribution in [0.15, 0.2) is 71.2 Å². The molecule has 5 nitrogen and oxygen atoms in total. The van der Waals surface area contributed by atoms with E-state index in [1.807, 2.05) is 17.0 Å². The first kappa shape index (κ1) is 21.7. The molecule has 4 rings (SSSR count). The van der Waals surface area contributed by atoms with Gasteiger partial charge < -0.3 is 9.47 Å². The van der Waals surface area contributed by atoms with Crippen LogP contribution >= 0.6 is 23.5 Å². The Morgan fingerprint density at radius 2 is 1.87 bits per heavy atom. The van der Waals surface area contributed by atoms with Crippen molar-refractivity contribution in [3.63, 3.8) is 0 Å². The number of rotatable bonds is 8. The van der Waals surface area contributed by atoms with Crippen molar-refractivity contribution < 1.29 is 4.79 Å². The van der Waals surface area contributed by atoms with Crippen molar-refractivity contribution in [1.29, 1.82) is 0 Å². The maximum absolute atomic E-state index is 12.8. The highest BCUT2D eigenvalue weighted by molar-refractivity contribution is 7.99. The summed E-state index contributed by atoms with van der Waals surface area (Å²) >= 11 is 3.19. The molecule has 0 bridgehead atoms. The van der Waals surface area contributed by atoms with Crippen LogP contribution in [-0.4, -0.2) is 37.9 Å². The lowest BCUT2D eigenvalue weighted by molar-refractivity contribution is -0.129. The Labute approximate surface area is 191 Å². The molecule has 1 aromatic heterocycles. The SMILES string of the molecule is C=CCn1c(CSc2ccc(C)cc2)nnc1SCC(=O)N1CCc2ccccc2C1. The van der Waals surface area contributed by atoms with Gasteiger partial charge in [-0.05, 0) is 36.6 Å². The number of hydrogen-bond donors (Lipinski definition) is 0. The third kappa shape index (κ3) is 5.40. The number of carbonyl (C=O) groups excluding carboxylic acids is 1. The lowest BCUT2D eigenvalue weighted by Crippen LogP contribution is -2.37. The van der Waals surface area contributed by atoms with E-state index in [1.54, 1.807) is 11.8 Å². The smallest absolute Gasteiger partial charge is 0.233 e. The highest BCUT2D eigenvalue weighted by Crippen LogP contribution is 2.26. The number of nitrogens with zero attached hydrogens (tertiary/aromatic N) is 4. The number of aryl methyl sites for hydroxylation is 1. The van der Waals surface area contributed by atoms with Crippen molar-refractivity contribution in [2.75, 3.05) is 12.3 Å². The Kier molecular flexibility index (Phi) is 7.14. The molecular weight excluding hydrogens is 424 g/mol. The van der Waals surface area contributed by atoms with Crippen molar-refractivity contribution in [2.24, 2.45) is 0 Å². The quantitative estimate of drug-likeness (QED) is 0.366. The topological polar surface area (TPSA) is 51.0 Å². The summed E-state index contributed by atoms with van der Waals surface area (Å²) in [5.41, 5.74) is 3.85. The fourth-order valence-electron chi connectivity index (χ4n) is 3.55. The van der Waals surface area contributed by atoms with Gasteiger partial charge in [0.15, 0.2) is 5.16 Å². The molecule has 0 aliphatic carbocycles. The summed E-state index contributed by atoms with van der Waals surface area (Å²) in [7, 11) is 0. The van der Waals surface area contributed by atoms with Crippen molar-refractivity contribution in [3.05, 3.63) is 83.7 Å². The molecule has 0 fully saturated rings. The van der Waals surface area contributed by atoms with Gasteiger partial charge in [0.2, 0.25) is 5.91 Å². The first-order chi connectivity index (χ1) is 15.1. The number of thioether (sulfide) groups is 2. The van der Waals surface area contributed by atoms with Gasteiger partial charge in [-0.2, -0.15) is 0 Å². The van der Waals surface area contributed by atoms with Crippen LogP contribution in [0.3, 0.4) is 0 Å². The van der Waals surface area contributed by atoms with Gasteiger partial charge >= 0.3 is 0 Å². The summed E-state index contributed by atoms with van der Waals surface area (Å²) in [5.74, 6) is 2.12. The second kappa shape index (κ2) is 10.2. The highest BCUT2D eigenvalue weighted by Gasteiger charge is 2.21. The number of hydrogen-bond acceptors (Lipinski definition) is 5. The van der Waals surface area contributed by atoms with Gasteiger partial charge in [0, 0.05) is 24.5 Å². The molecule has 0 radical (unpaired) electrons. The Balaban J connectivity index is 1.37. The number of aromatic nitrogens is 3. The molecule has 0 saturated heterocycles. The monoisotopic (exact) mass is 450 g/mol. The Morgan fingerprint density at radius 3 is 2.65 bits per heavy atom. The van der Waals surface area contributed by atoms with Crippen molar-refractivity contribution in [3.8, 4) is 0 Å². The van der Waals surface area contributed by atoms with E-state index in [-0.39, 0.29) is 5.91 Å². The zero-order chi connectivity index (χ0) is 21.6. The van der Waals surface area contributed by atoms with Crippen LogP contribution in [0.2, 0.25) is 0 Å². The summed E-state index contributed by atoms with van der Waals surface area (Å²) < 4.78 is 2.05. The minimum atomic E-state index is 0.142. The molecule has 0 N–H and O–H groups in total. The molecule has 160 valence electrons.